The van der Waals surface area contributed by atoms with Gasteiger partial charge in [-0.05, 0) is 43.9 Å². The number of nitrogens with zero attached hydrogens (tertiary/aromatic N) is 1. The largest absolute Gasteiger partial charge is 0.372 e. The maximum Gasteiger partial charge on any atom is 0.238 e. The molecule has 5 nitrogen and oxygen atoms in total. The van der Waals surface area contributed by atoms with Crippen molar-refractivity contribution in [2.24, 2.45) is 0 Å². The van der Waals surface area contributed by atoms with Crippen LogP contribution in [0.15, 0.2) is 48.5 Å². The monoisotopic (exact) mass is 412 g/mol. The number of hydrogen-bond acceptors (Lipinski definition) is 4. The summed E-state index contributed by atoms with van der Waals surface area (Å²) in [6, 6.07) is 14.8. The fourth-order valence-corrected chi connectivity index (χ4v) is 4.43. The van der Waals surface area contributed by atoms with Crippen LogP contribution in [0.2, 0.25) is 0 Å². The van der Waals surface area contributed by atoms with Crippen molar-refractivity contribution in [1.29, 1.82) is 0 Å². The molecule has 2 aromatic carbocycles. The molecule has 2 saturated heterocycles. The van der Waals surface area contributed by atoms with Crippen LogP contribution in [-0.4, -0.2) is 48.8 Å². The van der Waals surface area contributed by atoms with Gasteiger partial charge in [-0.2, -0.15) is 0 Å². The molecule has 2 heterocycles. The SMILES string of the molecule is Cc1c(F)cccc1NC(=O)CN1CCC2(CCCO2)C(OCc2ccccc2)C1. The van der Waals surface area contributed by atoms with Gasteiger partial charge in [0.15, 0.2) is 0 Å². The van der Waals surface area contributed by atoms with Crippen molar-refractivity contribution in [3.05, 3.63) is 65.5 Å². The molecular weight excluding hydrogens is 383 g/mol. The van der Waals surface area contributed by atoms with E-state index in [-0.39, 0.29) is 30.0 Å². The number of amides is 1. The van der Waals surface area contributed by atoms with Crippen LogP contribution in [0, 0.1) is 12.7 Å². The van der Waals surface area contributed by atoms with E-state index >= 15 is 0 Å². The standard InChI is InChI=1S/C24H29FN2O3/c1-18-20(25)9-5-10-21(18)26-23(28)16-27-13-12-24(11-6-14-30-24)22(15-27)29-17-19-7-3-2-4-8-19/h2-5,7-10,22H,6,11-17H2,1H3,(H,26,28). The van der Waals surface area contributed by atoms with Crippen molar-refractivity contribution in [2.75, 3.05) is 31.6 Å². The number of benzene rings is 2. The highest BCUT2D eigenvalue weighted by atomic mass is 19.1. The Kier molecular flexibility index (Phi) is 6.46. The third-order valence-electron chi connectivity index (χ3n) is 6.20. The molecule has 2 fully saturated rings. The first-order valence-electron chi connectivity index (χ1n) is 10.6. The Bertz CT molecular complexity index is 868. The molecule has 0 bridgehead atoms. The number of nitrogens with one attached hydrogen (secondary N) is 1. The Morgan fingerprint density at radius 1 is 1.23 bits per heavy atom. The van der Waals surface area contributed by atoms with E-state index in [9.17, 15) is 9.18 Å². The van der Waals surface area contributed by atoms with Gasteiger partial charge in [-0.1, -0.05) is 36.4 Å². The molecule has 1 spiro atoms. The first-order valence-corrected chi connectivity index (χ1v) is 10.6. The van der Waals surface area contributed by atoms with Crippen LogP contribution in [0.5, 0.6) is 0 Å². The van der Waals surface area contributed by atoms with Crippen molar-refractivity contribution >= 4 is 11.6 Å². The lowest BCUT2D eigenvalue weighted by Crippen LogP contribution is -2.57. The van der Waals surface area contributed by atoms with Gasteiger partial charge in [0.05, 0.1) is 24.9 Å². The predicted octanol–water partition coefficient (Wildman–Crippen LogP) is 3.91. The predicted molar refractivity (Wildman–Crippen MR) is 114 cm³/mol. The lowest BCUT2D eigenvalue weighted by atomic mass is 9.85. The molecule has 2 aliphatic rings. The second-order valence-corrected chi connectivity index (χ2v) is 8.25. The molecule has 0 aromatic heterocycles. The summed E-state index contributed by atoms with van der Waals surface area (Å²) in [5, 5.41) is 2.84. The van der Waals surface area contributed by atoms with Gasteiger partial charge in [0.2, 0.25) is 5.91 Å². The van der Waals surface area contributed by atoms with Gasteiger partial charge in [0, 0.05) is 30.9 Å². The zero-order valence-electron chi connectivity index (χ0n) is 17.4. The molecule has 1 amide bonds. The summed E-state index contributed by atoms with van der Waals surface area (Å²) in [5.74, 6) is -0.464. The minimum Gasteiger partial charge on any atom is -0.372 e. The molecule has 0 saturated carbocycles. The maximum absolute atomic E-state index is 13.7. The average molecular weight is 413 g/mol. The summed E-state index contributed by atoms with van der Waals surface area (Å²) in [6.07, 6.45) is 2.80. The smallest absolute Gasteiger partial charge is 0.238 e. The highest BCUT2D eigenvalue weighted by Gasteiger charge is 2.47. The van der Waals surface area contributed by atoms with Crippen LogP contribution in [-0.2, 0) is 20.9 Å². The van der Waals surface area contributed by atoms with Crippen LogP contribution in [0.1, 0.15) is 30.4 Å². The van der Waals surface area contributed by atoms with Crippen molar-refractivity contribution in [3.8, 4) is 0 Å². The summed E-state index contributed by atoms with van der Waals surface area (Å²) in [6.45, 7) is 4.63. The second-order valence-electron chi connectivity index (χ2n) is 8.25. The summed E-state index contributed by atoms with van der Waals surface area (Å²) in [5.41, 5.74) is 1.85. The normalized spacial score (nSPS) is 24.3. The van der Waals surface area contributed by atoms with E-state index in [0.29, 0.717) is 24.4 Å². The Labute approximate surface area is 177 Å². The fraction of sp³-hybridized carbons (Fsp3) is 0.458. The van der Waals surface area contributed by atoms with Gasteiger partial charge >= 0.3 is 0 Å². The molecule has 0 radical (unpaired) electrons. The average Bonchev–Trinajstić information content (AvgIpc) is 3.22. The molecule has 2 unspecified atom stereocenters. The highest BCUT2D eigenvalue weighted by molar-refractivity contribution is 5.93. The van der Waals surface area contributed by atoms with Gasteiger partial charge in [0.1, 0.15) is 5.82 Å². The van der Waals surface area contributed by atoms with Crippen LogP contribution in [0.3, 0.4) is 0 Å². The Morgan fingerprint density at radius 3 is 2.83 bits per heavy atom. The topological polar surface area (TPSA) is 50.8 Å². The first-order chi connectivity index (χ1) is 14.6. The van der Waals surface area contributed by atoms with E-state index in [1.54, 1.807) is 19.1 Å². The van der Waals surface area contributed by atoms with Gasteiger partial charge < -0.3 is 14.8 Å². The summed E-state index contributed by atoms with van der Waals surface area (Å²) in [4.78, 5) is 14.7. The number of halogens is 1. The lowest BCUT2D eigenvalue weighted by molar-refractivity contribution is -0.159. The van der Waals surface area contributed by atoms with Crippen molar-refractivity contribution in [1.82, 2.24) is 4.90 Å². The quantitative estimate of drug-likeness (QED) is 0.782. The molecule has 30 heavy (non-hydrogen) atoms. The van der Waals surface area contributed by atoms with Crippen molar-refractivity contribution in [2.45, 2.75) is 44.5 Å². The van der Waals surface area contributed by atoms with Crippen molar-refractivity contribution in [3.63, 3.8) is 0 Å². The maximum atomic E-state index is 13.7. The number of piperidine rings is 1. The number of likely N-dealkylation sites (tertiary alicyclic amines) is 1. The minimum absolute atomic E-state index is 0.0855. The van der Waals surface area contributed by atoms with E-state index in [4.69, 9.17) is 9.47 Å². The van der Waals surface area contributed by atoms with E-state index in [1.807, 2.05) is 18.2 Å². The number of hydrogen-bond donors (Lipinski definition) is 1. The molecule has 1 N–H and O–H groups in total. The van der Waals surface area contributed by atoms with Crippen LogP contribution in [0.25, 0.3) is 0 Å². The van der Waals surface area contributed by atoms with Crippen molar-refractivity contribution < 1.29 is 18.7 Å². The van der Waals surface area contributed by atoms with E-state index < -0.39 is 0 Å². The molecule has 4 rings (SSSR count). The second kappa shape index (κ2) is 9.25. The van der Waals surface area contributed by atoms with E-state index in [2.05, 4.69) is 22.3 Å². The lowest BCUT2D eigenvalue weighted by Gasteiger charge is -2.44. The number of ether oxygens (including phenoxy) is 2. The van der Waals surface area contributed by atoms with Gasteiger partial charge in [-0.3, -0.25) is 9.69 Å². The number of anilines is 1. The fourth-order valence-electron chi connectivity index (χ4n) is 4.43. The molecule has 0 aliphatic carbocycles. The molecular formula is C24H29FN2O3. The van der Waals surface area contributed by atoms with E-state index in [0.717, 1.165) is 38.0 Å². The summed E-state index contributed by atoms with van der Waals surface area (Å²) < 4.78 is 26.2. The third kappa shape index (κ3) is 4.72. The minimum atomic E-state index is -0.319. The number of carbonyl (C=O) groups excluding carboxylic acids is 1. The molecule has 6 heteroatoms. The van der Waals surface area contributed by atoms with Gasteiger partial charge in [0.25, 0.3) is 0 Å². The van der Waals surface area contributed by atoms with Gasteiger partial charge in [-0.25, -0.2) is 4.39 Å². The molecule has 2 atom stereocenters. The van der Waals surface area contributed by atoms with Gasteiger partial charge in [-0.15, -0.1) is 0 Å². The number of carbonyl (C=O) groups is 1. The molecule has 160 valence electrons. The van der Waals surface area contributed by atoms with Crippen LogP contribution in [0.4, 0.5) is 10.1 Å². The van der Waals surface area contributed by atoms with Crippen LogP contribution < -0.4 is 5.32 Å². The number of rotatable bonds is 6. The summed E-state index contributed by atoms with van der Waals surface area (Å²) >= 11 is 0. The zero-order chi connectivity index (χ0) is 21.0. The van der Waals surface area contributed by atoms with E-state index in [1.165, 1.54) is 6.07 Å². The van der Waals surface area contributed by atoms with Crippen LogP contribution >= 0.6 is 0 Å². The molecule has 2 aliphatic heterocycles. The highest BCUT2D eigenvalue weighted by Crippen LogP contribution is 2.38. The molecule has 2 aromatic rings. The Morgan fingerprint density at radius 2 is 2.07 bits per heavy atom. The Balaban J connectivity index is 1.38. The first kappa shape index (κ1) is 21.0. The third-order valence-corrected chi connectivity index (χ3v) is 6.20. The Hall–Kier alpha value is -2.28. The zero-order valence-corrected chi connectivity index (χ0v) is 17.4. The summed E-state index contributed by atoms with van der Waals surface area (Å²) in [7, 11) is 0.